The number of aliphatic carboxylic acids is 1. The predicted molar refractivity (Wildman–Crippen MR) is 127 cm³/mol. The Balaban J connectivity index is 1.36. The van der Waals surface area contributed by atoms with Crippen molar-refractivity contribution in [2.45, 2.75) is 51.7 Å². The summed E-state index contributed by atoms with van der Waals surface area (Å²) < 4.78 is 26.3. The monoisotopic (exact) mass is 456 g/mol. The first kappa shape index (κ1) is 23.2. The second kappa shape index (κ2) is 10.3. The zero-order valence-corrected chi connectivity index (χ0v) is 19.4. The van der Waals surface area contributed by atoms with Crippen molar-refractivity contribution < 1.29 is 23.8 Å². The molecule has 0 aromatic heterocycles. The summed E-state index contributed by atoms with van der Waals surface area (Å²) in [5, 5.41) is 9.16. The smallest absolute Gasteiger partial charge is 0.305 e. The molecular weight excluding hydrogens is 423 g/mol. The van der Waals surface area contributed by atoms with E-state index in [0.717, 1.165) is 37.2 Å². The molecule has 4 rings (SSSR count). The second-order valence-corrected chi connectivity index (χ2v) is 9.00. The average molecular weight is 457 g/mol. The van der Waals surface area contributed by atoms with Crippen LogP contribution in [0.1, 0.15) is 39.5 Å². The van der Waals surface area contributed by atoms with Gasteiger partial charge in [0.2, 0.25) is 0 Å². The Morgan fingerprint density at radius 3 is 2.58 bits per heavy atom. The van der Waals surface area contributed by atoms with Crippen molar-refractivity contribution in [2.75, 3.05) is 36.0 Å². The SMILES string of the molecule is CCOc1ccc(F)c(N2CC[C@@H](Oc3ccc(N4CCC[C@@H]4CC(=O)O)cc3)[C@H](C)C2)c1. The van der Waals surface area contributed by atoms with E-state index in [1.54, 1.807) is 12.1 Å². The number of rotatable bonds is 8. The molecule has 6 nitrogen and oxygen atoms in total. The van der Waals surface area contributed by atoms with E-state index in [1.165, 1.54) is 6.07 Å². The summed E-state index contributed by atoms with van der Waals surface area (Å²) in [5.74, 6) is 0.735. The molecule has 2 fully saturated rings. The van der Waals surface area contributed by atoms with Crippen LogP contribution in [-0.4, -0.2) is 49.5 Å². The third-order valence-electron chi connectivity index (χ3n) is 6.64. The number of benzene rings is 2. The summed E-state index contributed by atoms with van der Waals surface area (Å²) in [6.45, 7) is 6.91. The van der Waals surface area contributed by atoms with Gasteiger partial charge in [-0.1, -0.05) is 6.92 Å². The minimum Gasteiger partial charge on any atom is -0.494 e. The van der Waals surface area contributed by atoms with Crippen LogP contribution in [0.15, 0.2) is 42.5 Å². The average Bonchev–Trinajstić information content (AvgIpc) is 3.24. The highest BCUT2D eigenvalue weighted by Crippen LogP contribution is 2.32. The van der Waals surface area contributed by atoms with Gasteiger partial charge in [-0.3, -0.25) is 4.79 Å². The van der Waals surface area contributed by atoms with E-state index in [4.69, 9.17) is 14.6 Å². The van der Waals surface area contributed by atoms with Crippen LogP contribution in [-0.2, 0) is 4.79 Å². The predicted octanol–water partition coefficient (Wildman–Crippen LogP) is 4.96. The highest BCUT2D eigenvalue weighted by atomic mass is 19.1. The third kappa shape index (κ3) is 5.52. The lowest BCUT2D eigenvalue weighted by atomic mass is 9.95. The van der Waals surface area contributed by atoms with Crippen molar-refractivity contribution in [1.29, 1.82) is 0 Å². The van der Waals surface area contributed by atoms with Crippen LogP contribution in [0.3, 0.4) is 0 Å². The normalized spacial score (nSPS) is 22.9. The highest BCUT2D eigenvalue weighted by Gasteiger charge is 2.30. The Morgan fingerprint density at radius 1 is 1.12 bits per heavy atom. The van der Waals surface area contributed by atoms with E-state index in [-0.39, 0.29) is 30.3 Å². The zero-order valence-electron chi connectivity index (χ0n) is 19.4. The molecule has 2 heterocycles. The molecule has 178 valence electrons. The van der Waals surface area contributed by atoms with Crippen LogP contribution in [0.4, 0.5) is 15.8 Å². The van der Waals surface area contributed by atoms with Crippen LogP contribution < -0.4 is 19.3 Å². The molecule has 3 atom stereocenters. The van der Waals surface area contributed by atoms with E-state index < -0.39 is 5.97 Å². The Kier molecular flexibility index (Phi) is 7.26. The number of anilines is 2. The van der Waals surface area contributed by atoms with Crippen LogP contribution in [0.2, 0.25) is 0 Å². The molecule has 0 aliphatic carbocycles. The van der Waals surface area contributed by atoms with E-state index in [2.05, 4.69) is 16.7 Å². The van der Waals surface area contributed by atoms with Gasteiger partial charge in [0.15, 0.2) is 0 Å². The van der Waals surface area contributed by atoms with Crippen LogP contribution in [0, 0.1) is 11.7 Å². The molecule has 7 heteroatoms. The molecule has 0 radical (unpaired) electrons. The number of piperidine rings is 1. The van der Waals surface area contributed by atoms with E-state index >= 15 is 0 Å². The summed E-state index contributed by atoms with van der Waals surface area (Å²) >= 11 is 0. The lowest BCUT2D eigenvalue weighted by molar-refractivity contribution is -0.137. The van der Waals surface area contributed by atoms with Gasteiger partial charge in [0.25, 0.3) is 0 Å². The first-order valence-electron chi connectivity index (χ1n) is 11.9. The Labute approximate surface area is 194 Å². The van der Waals surface area contributed by atoms with E-state index in [0.29, 0.717) is 31.1 Å². The van der Waals surface area contributed by atoms with Gasteiger partial charge in [-0.15, -0.1) is 0 Å². The highest BCUT2D eigenvalue weighted by molar-refractivity contribution is 5.69. The lowest BCUT2D eigenvalue weighted by Gasteiger charge is -2.38. The van der Waals surface area contributed by atoms with Crippen molar-refractivity contribution in [3.8, 4) is 11.5 Å². The van der Waals surface area contributed by atoms with Crippen molar-refractivity contribution in [3.63, 3.8) is 0 Å². The fourth-order valence-corrected chi connectivity index (χ4v) is 4.99. The Bertz CT molecular complexity index is 952. The maximum Gasteiger partial charge on any atom is 0.305 e. The number of halogens is 1. The van der Waals surface area contributed by atoms with Gasteiger partial charge < -0.3 is 24.4 Å². The van der Waals surface area contributed by atoms with Crippen molar-refractivity contribution >= 4 is 17.3 Å². The zero-order chi connectivity index (χ0) is 23.4. The molecule has 0 bridgehead atoms. The van der Waals surface area contributed by atoms with E-state index in [9.17, 15) is 9.18 Å². The molecule has 0 unspecified atom stereocenters. The minimum absolute atomic E-state index is 0.0526. The number of ether oxygens (including phenoxy) is 2. The fraction of sp³-hybridized carbons (Fsp3) is 0.500. The molecule has 2 aromatic rings. The maximum absolute atomic E-state index is 14.5. The number of carboxylic acid groups (broad SMARTS) is 1. The summed E-state index contributed by atoms with van der Waals surface area (Å²) in [4.78, 5) is 15.4. The largest absolute Gasteiger partial charge is 0.494 e. The summed E-state index contributed by atoms with van der Waals surface area (Å²) in [5.41, 5.74) is 1.62. The number of carboxylic acids is 1. The molecule has 2 saturated heterocycles. The van der Waals surface area contributed by atoms with Gasteiger partial charge in [0.1, 0.15) is 23.4 Å². The summed E-state index contributed by atoms with van der Waals surface area (Å²) in [7, 11) is 0. The standard InChI is InChI=1S/C26H33FN2O4/c1-3-32-22-10-11-23(27)24(16-22)28-14-12-25(18(2)17-28)33-21-8-6-19(7-9-21)29-13-4-5-20(29)15-26(30)31/h6-11,16,18,20,25H,3-5,12-15,17H2,1-2H3,(H,30,31)/t18-,20-,25-/m1/s1. The molecule has 33 heavy (non-hydrogen) atoms. The number of hydrogen-bond acceptors (Lipinski definition) is 5. The molecule has 2 aromatic carbocycles. The van der Waals surface area contributed by atoms with Gasteiger partial charge in [0.05, 0.1) is 18.7 Å². The number of nitrogens with zero attached hydrogens (tertiary/aromatic N) is 2. The second-order valence-electron chi connectivity index (χ2n) is 9.00. The maximum atomic E-state index is 14.5. The molecular formula is C26H33FN2O4. The third-order valence-corrected chi connectivity index (χ3v) is 6.64. The molecule has 1 N–H and O–H groups in total. The Hall–Kier alpha value is -2.96. The van der Waals surface area contributed by atoms with Crippen molar-refractivity contribution in [2.24, 2.45) is 5.92 Å². The summed E-state index contributed by atoms with van der Waals surface area (Å²) in [6.07, 6.45) is 2.95. The first-order chi connectivity index (χ1) is 15.9. The molecule has 2 aliphatic rings. The Morgan fingerprint density at radius 2 is 1.88 bits per heavy atom. The topological polar surface area (TPSA) is 62.2 Å². The minimum atomic E-state index is -0.753. The molecule has 0 spiro atoms. The molecule has 0 amide bonds. The summed E-state index contributed by atoms with van der Waals surface area (Å²) in [6, 6.07) is 12.9. The van der Waals surface area contributed by atoms with Crippen LogP contribution in [0.25, 0.3) is 0 Å². The van der Waals surface area contributed by atoms with Gasteiger partial charge >= 0.3 is 5.97 Å². The fourth-order valence-electron chi connectivity index (χ4n) is 4.99. The van der Waals surface area contributed by atoms with Crippen LogP contribution in [0.5, 0.6) is 11.5 Å². The molecule has 2 aliphatic heterocycles. The van der Waals surface area contributed by atoms with Crippen molar-refractivity contribution in [3.05, 3.63) is 48.3 Å². The molecule has 0 saturated carbocycles. The van der Waals surface area contributed by atoms with E-state index in [1.807, 2.05) is 31.2 Å². The lowest BCUT2D eigenvalue weighted by Crippen LogP contribution is -2.44. The van der Waals surface area contributed by atoms with Crippen molar-refractivity contribution in [1.82, 2.24) is 0 Å². The van der Waals surface area contributed by atoms with Gasteiger partial charge in [-0.2, -0.15) is 0 Å². The van der Waals surface area contributed by atoms with Gasteiger partial charge in [0, 0.05) is 49.8 Å². The van der Waals surface area contributed by atoms with Gasteiger partial charge in [-0.05, 0) is 56.2 Å². The quantitative estimate of drug-likeness (QED) is 0.606. The number of carbonyl (C=O) groups is 1. The van der Waals surface area contributed by atoms with Crippen LogP contribution >= 0.6 is 0 Å². The van der Waals surface area contributed by atoms with Gasteiger partial charge in [-0.25, -0.2) is 4.39 Å². The first-order valence-corrected chi connectivity index (χ1v) is 11.9. The number of hydrogen-bond donors (Lipinski definition) is 1.